The third-order valence-corrected chi connectivity index (χ3v) is 4.01. The van der Waals surface area contributed by atoms with Crippen LogP contribution < -0.4 is 15.8 Å². The number of carbonyl (C=O) groups excluding carboxylic acids is 1. The summed E-state index contributed by atoms with van der Waals surface area (Å²) in [5.74, 6) is -1.26. The van der Waals surface area contributed by atoms with Gasteiger partial charge in [-0.15, -0.1) is 0 Å². The van der Waals surface area contributed by atoms with Gasteiger partial charge < -0.3 is 15.8 Å². The molecule has 0 heterocycles. The van der Waals surface area contributed by atoms with Gasteiger partial charge in [-0.3, -0.25) is 4.79 Å². The lowest BCUT2D eigenvalue weighted by Gasteiger charge is -2.08. The van der Waals surface area contributed by atoms with Gasteiger partial charge in [0.05, 0.1) is 6.61 Å². The lowest BCUT2D eigenvalue weighted by atomic mass is 10.3. The number of carbonyl (C=O) groups is 1. The van der Waals surface area contributed by atoms with Crippen LogP contribution in [-0.4, -0.2) is 41.1 Å². The summed E-state index contributed by atoms with van der Waals surface area (Å²) in [6, 6.07) is 3.28. The molecule has 1 amide bonds. The molecule has 0 spiro atoms. The van der Waals surface area contributed by atoms with E-state index in [0.29, 0.717) is 13.2 Å². The highest BCUT2D eigenvalue weighted by Crippen LogP contribution is 2.16. The van der Waals surface area contributed by atoms with Gasteiger partial charge in [0.2, 0.25) is 15.9 Å². The molecule has 9 heteroatoms. The molecule has 1 aromatic carbocycles. The van der Waals surface area contributed by atoms with Gasteiger partial charge in [-0.2, -0.15) is 0 Å². The number of hydrogen-bond acceptors (Lipinski definition) is 5. The number of benzene rings is 1. The van der Waals surface area contributed by atoms with Crippen LogP contribution in [0.4, 0.5) is 10.1 Å². The van der Waals surface area contributed by atoms with E-state index in [4.69, 9.17) is 10.5 Å². The molecule has 4 N–H and O–H groups in total. The first-order valence-electron chi connectivity index (χ1n) is 6.17. The molecule has 1 rings (SSSR count). The molecule has 118 valence electrons. The highest BCUT2D eigenvalue weighted by molar-refractivity contribution is 7.89. The number of methoxy groups -OCH3 is 1. The lowest BCUT2D eigenvalue weighted by molar-refractivity contribution is -0.121. The molecule has 0 aromatic heterocycles. The number of anilines is 1. The van der Waals surface area contributed by atoms with Gasteiger partial charge >= 0.3 is 0 Å². The number of nitrogens with two attached hydrogens (primary N) is 1. The van der Waals surface area contributed by atoms with E-state index in [0.717, 1.165) is 12.1 Å². The van der Waals surface area contributed by atoms with E-state index in [1.54, 1.807) is 0 Å². The van der Waals surface area contributed by atoms with E-state index in [1.165, 1.54) is 13.2 Å². The van der Waals surface area contributed by atoms with Gasteiger partial charge in [0.1, 0.15) is 10.7 Å². The normalized spacial score (nSPS) is 11.3. The van der Waals surface area contributed by atoms with E-state index < -0.39 is 20.7 Å². The van der Waals surface area contributed by atoms with Gasteiger partial charge in [-0.25, -0.2) is 17.5 Å². The van der Waals surface area contributed by atoms with E-state index in [2.05, 4.69) is 10.0 Å². The summed E-state index contributed by atoms with van der Waals surface area (Å²) in [6.45, 7) is 0.577. The first-order valence-corrected chi connectivity index (χ1v) is 7.65. The number of amides is 1. The molecule has 0 aliphatic carbocycles. The Labute approximate surface area is 122 Å². The standard InChI is InChI=1S/C12H18FN3O4S/c1-20-7-6-15-12(17)4-5-16-21(18,19)11-3-2-9(14)8-10(11)13/h2-3,8,16H,4-7,14H2,1H3,(H,15,17). The molecule has 0 atom stereocenters. The molecule has 0 aliphatic rings. The van der Waals surface area contributed by atoms with Crippen molar-refractivity contribution >= 4 is 21.6 Å². The summed E-state index contributed by atoms with van der Waals surface area (Å²) >= 11 is 0. The van der Waals surface area contributed by atoms with Gasteiger partial charge in [0.15, 0.2) is 0 Å². The number of nitrogens with one attached hydrogen (secondary N) is 2. The molecule has 0 unspecified atom stereocenters. The van der Waals surface area contributed by atoms with Crippen LogP contribution in [0.15, 0.2) is 23.1 Å². The van der Waals surface area contributed by atoms with Crippen molar-refractivity contribution < 1.29 is 22.3 Å². The van der Waals surface area contributed by atoms with Crippen LogP contribution in [0.5, 0.6) is 0 Å². The Morgan fingerprint density at radius 3 is 2.71 bits per heavy atom. The molecular formula is C12H18FN3O4S. The van der Waals surface area contributed by atoms with Gasteiger partial charge in [-0.05, 0) is 18.2 Å². The van der Waals surface area contributed by atoms with E-state index in [-0.39, 0.29) is 24.6 Å². The van der Waals surface area contributed by atoms with E-state index in [1.807, 2.05) is 0 Å². The minimum atomic E-state index is -4.01. The Kier molecular flexibility index (Phi) is 6.53. The Bertz CT molecular complexity index is 592. The second-order valence-corrected chi connectivity index (χ2v) is 5.92. The van der Waals surface area contributed by atoms with Crippen molar-refractivity contribution in [3.63, 3.8) is 0 Å². The summed E-state index contributed by atoms with van der Waals surface area (Å²) in [4.78, 5) is 10.9. The van der Waals surface area contributed by atoms with Crippen molar-refractivity contribution in [2.75, 3.05) is 32.5 Å². The van der Waals surface area contributed by atoms with Crippen LogP contribution in [0.1, 0.15) is 6.42 Å². The zero-order valence-electron chi connectivity index (χ0n) is 11.6. The van der Waals surface area contributed by atoms with E-state index >= 15 is 0 Å². The van der Waals surface area contributed by atoms with E-state index in [9.17, 15) is 17.6 Å². The summed E-state index contributed by atoms with van der Waals surface area (Å²) in [5, 5.41) is 2.54. The number of sulfonamides is 1. The SMILES string of the molecule is COCCNC(=O)CCNS(=O)(=O)c1ccc(N)cc1F. The van der Waals surface area contributed by atoms with Crippen LogP contribution >= 0.6 is 0 Å². The Morgan fingerprint density at radius 2 is 2.10 bits per heavy atom. The molecule has 0 radical (unpaired) electrons. The smallest absolute Gasteiger partial charge is 0.243 e. The summed E-state index contributed by atoms with van der Waals surface area (Å²) in [5.41, 5.74) is 5.48. The number of rotatable bonds is 8. The minimum absolute atomic E-state index is 0.0560. The third kappa shape index (κ3) is 5.66. The molecule has 0 aliphatic heterocycles. The molecule has 0 saturated carbocycles. The molecule has 1 aromatic rings. The van der Waals surface area contributed by atoms with Crippen molar-refractivity contribution in [1.82, 2.24) is 10.0 Å². The zero-order chi connectivity index (χ0) is 15.9. The summed E-state index contributed by atoms with van der Waals surface area (Å²) in [7, 11) is -2.51. The molecule has 0 saturated heterocycles. The minimum Gasteiger partial charge on any atom is -0.399 e. The molecule has 21 heavy (non-hydrogen) atoms. The second kappa shape index (κ2) is 7.91. The maximum Gasteiger partial charge on any atom is 0.243 e. The molecule has 0 bridgehead atoms. The fourth-order valence-corrected chi connectivity index (χ4v) is 2.58. The number of hydrogen-bond donors (Lipinski definition) is 3. The van der Waals surface area contributed by atoms with Crippen LogP contribution in [0.2, 0.25) is 0 Å². The van der Waals surface area contributed by atoms with Crippen LogP contribution in [0, 0.1) is 5.82 Å². The van der Waals surface area contributed by atoms with Crippen LogP contribution in [-0.2, 0) is 19.6 Å². The largest absolute Gasteiger partial charge is 0.399 e. The maximum atomic E-state index is 13.5. The molecule has 7 nitrogen and oxygen atoms in total. The third-order valence-electron chi connectivity index (χ3n) is 2.52. The quantitative estimate of drug-likeness (QED) is 0.455. The fraction of sp³-hybridized carbons (Fsp3) is 0.417. The average molecular weight is 319 g/mol. The fourth-order valence-electron chi connectivity index (χ4n) is 1.49. The number of halogens is 1. The topological polar surface area (TPSA) is 111 Å². The second-order valence-electron chi connectivity index (χ2n) is 4.18. The van der Waals surface area contributed by atoms with Crippen molar-refractivity contribution in [3.8, 4) is 0 Å². The van der Waals surface area contributed by atoms with Gasteiger partial charge in [-0.1, -0.05) is 0 Å². The van der Waals surface area contributed by atoms with Crippen LogP contribution in [0.25, 0.3) is 0 Å². The first kappa shape index (κ1) is 17.3. The predicted molar refractivity (Wildman–Crippen MR) is 75.5 cm³/mol. The van der Waals surface area contributed by atoms with Crippen molar-refractivity contribution in [2.24, 2.45) is 0 Å². The van der Waals surface area contributed by atoms with Gasteiger partial charge in [0, 0.05) is 32.3 Å². The van der Waals surface area contributed by atoms with Crippen molar-refractivity contribution in [2.45, 2.75) is 11.3 Å². The monoisotopic (exact) mass is 319 g/mol. The Hall–Kier alpha value is -1.71. The molecule has 0 fully saturated rings. The zero-order valence-corrected chi connectivity index (χ0v) is 12.4. The first-order chi connectivity index (χ1) is 9.86. The number of nitrogen functional groups attached to an aromatic ring is 1. The predicted octanol–water partition coefficient (Wildman–Crippen LogP) is -0.161. The van der Waals surface area contributed by atoms with Crippen LogP contribution in [0.3, 0.4) is 0 Å². The Morgan fingerprint density at radius 1 is 1.38 bits per heavy atom. The van der Waals surface area contributed by atoms with Crippen molar-refractivity contribution in [3.05, 3.63) is 24.0 Å². The Balaban J connectivity index is 2.52. The number of ether oxygens (including phenoxy) is 1. The highest BCUT2D eigenvalue weighted by Gasteiger charge is 2.18. The van der Waals surface area contributed by atoms with Crippen molar-refractivity contribution in [1.29, 1.82) is 0 Å². The molecular weight excluding hydrogens is 301 g/mol. The highest BCUT2D eigenvalue weighted by atomic mass is 32.2. The van der Waals surface area contributed by atoms with Gasteiger partial charge in [0.25, 0.3) is 0 Å². The average Bonchev–Trinajstić information content (AvgIpc) is 2.38. The summed E-state index contributed by atoms with van der Waals surface area (Å²) < 4.78 is 44.2. The maximum absolute atomic E-state index is 13.5. The lowest BCUT2D eigenvalue weighted by Crippen LogP contribution is -2.32. The summed E-state index contributed by atoms with van der Waals surface area (Å²) in [6.07, 6.45) is -0.0560.